The second kappa shape index (κ2) is 3.56. The summed E-state index contributed by atoms with van der Waals surface area (Å²) < 4.78 is 13.1. The van der Waals surface area contributed by atoms with Crippen molar-refractivity contribution in [2.24, 2.45) is 17.3 Å². The minimum Gasteiger partial charge on any atom is -0.481 e. The van der Waals surface area contributed by atoms with Crippen molar-refractivity contribution in [2.75, 3.05) is 0 Å². The number of carboxylic acids is 1. The van der Waals surface area contributed by atoms with Gasteiger partial charge in [0.1, 0.15) is 5.82 Å². The van der Waals surface area contributed by atoms with E-state index in [9.17, 15) is 14.3 Å². The summed E-state index contributed by atoms with van der Waals surface area (Å²) in [6.07, 6.45) is 3.19. The molecular formula is C14H15FO2. The molecule has 2 atom stereocenters. The van der Waals surface area contributed by atoms with E-state index in [1.807, 2.05) is 6.07 Å². The second-order valence-corrected chi connectivity index (χ2v) is 5.56. The highest BCUT2D eigenvalue weighted by molar-refractivity contribution is 5.76. The van der Waals surface area contributed by atoms with Crippen molar-refractivity contribution >= 4 is 5.97 Å². The minimum absolute atomic E-state index is 0.286. The predicted octanol–water partition coefficient (Wildman–Crippen LogP) is 2.87. The molecule has 1 aromatic carbocycles. The van der Waals surface area contributed by atoms with Crippen molar-refractivity contribution in [1.29, 1.82) is 0 Å². The average Bonchev–Trinajstić information content (AvgIpc) is 2.87. The van der Waals surface area contributed by atoms with E-state index in [2.05, 4.69) is 0 Å². The third kappa shape index (κ3) is 1.84. The molecule has 2 fully saturated rings. The van der Waals surface area contributed by atoms with Crippen molar-refractivity contribution in [3.05, 3.63) is 35.6 Å². The molecule has 90 valence electrons. The molecule has 0 bridgehead atoms. The lowest BCUT2D eigenvalue weighted by Gasteiger charge is -2.26. The fourth-order valence-electron chi connectivity index (χ4n) is 3.33. The summed E-state index contributed by atoms with van der Waals surface area (Å²) in [5.41, 5.74) is 0.162. The highest BCUT2D eigenvalue weighted by atomic mass is 19.1. The monoisotopic (exact) mass is 234 g/mol. The Hall–Kier alpha value is -1.38. The summed E-state index contributed by atoms with van der Waals surface area (Å²) in [5, 5.41) is 9.44. The first-order valence-corrected chi connectivity index (χ1v) is 6.07. The van der Waals surface area contributed by atoms with Crippen LogP contribution in [0.15, 0.2) is 24.3 Å². The van der Waals surface area contributed by atoms with Crippen molar-refractivity contribution in [1.82, 2.24) is 0 Å². The Morgan fingerprint density at radius 2 is 2.12 bits per heavy atom. The molecule has 0 aliphatic heterocycles. The molecule has 0 spiro atoms. The maximum atomic E-state index is 13.1. The van der Waals surface area contributed by atoms with Gasteiger partial charge < -0.3 is 5.11 Å². The fourth-order valence-corrected chi connectivity index (χ4v) is 3.33. The second-order valence-electron chi connectivity index (χ2n) is 5.56. The van der Waals surface area contributed by atoms with Gasteiger partial charge >= 0.3 is 5.97 Å². The van der Waals surface area contributed by atoms with Crippen LogP contribution in [0.5, 0.6) is 0 Å². The standard InChI is InChI=1S/C14H15FO2/c15-12-3-1-2-9(4-12)6-14(13(16)17)7-10-5-11(10)8-14/h1-4,10-11H,5-8H2,(H,16,17). The van der Waals surface area contributed by atoms with Gasteiger partial charge in [0.05, 0.1) is 5.41 Å². The molecule has 2 aliphatic carbocycles. The lowest BCUT2D eigenvalue weighted by molar-refractivity contribution is -0.149. The van der Waals surface area contributed by atoms with Crippen molar-refractivity contribution < 1.29 is 14.3 Å². The van der Waals surface area contributed by atoms with E-state index in [-0.39, 0.29) is 5.82 Å². The van der Waals surface area contributed by atoms with Gasteiger partial charge in [-0.05, 0) is 55.2 Å². The number of carboxylic acid groups (broad SMARTS) is 1. The lowest BCUT2D eigenvalue weighted by atomic mass is 9.77. The van der Waals surface area contributed by atoms with Crippen LogP contribution in [0.1, 0.15) is 24.8 Å². The highest BCUT2D eigenvalue weighted by Gasteiger charge is 2.57. The van der Waals surface area contributed by atoms with Crippen LogP contribution in [0, 0.1) is 23.1 Å². The molecule has 17 heavy (non-hydrogen) atoms. The molecule has 2 nitrogen and oxygen atoms in total. The van der Waals surface area contributed by atoms with Gasteiger partial charge in [0.2, 0.25) is 0 Å². The Labute approximate surface area is 99.5 Å². The van der Waals surface area contributed by atoms with E-state index in [0.29, 0.717) is 18.3 Å². The summed E-state index contributed by atoms with van der Waals surface area (Å²) in [7, 11) is 0. The van der Waals surface area contributed by atoms with E-state index < -0.39 is 11.4 Å². The Morgan fingerprint density at radius 3 is 2.71 bits per heavy atom. The van der Waals surface area contributed by atoms with Gasteiger partial charge in [0.25, 0.3) is 0 Å². The first-order valence-electron chi connectivity index (χ1n) is 6.07. The van der Waals surface area contributed by atoms with Gasteiger partial charge in [-0.15, -0.1) is 0 Å². The number of benzene rings is 1. The molecule has 2 aliphatic rings. The third-order valence-corrected chi connectivity index (χ3v) is 4.26. The van der Waals surface area contributed by atoms with Crippen LogP contribution in [0.4, 0.5) is 4.39 Å². The molecule has 1 N–H and O–H groups in total. The minimum atomic E-state index is -0.714. The van der Waals surface area contributed by atoms with Gasteiger partial charge in [-0.3, -0.25) is 4.79 Å². The Morgan fingerprint density at radius 1 is 1.41 bits per heavy atom. The zero-order valence-electron chi connectivity index (χ0n) is 9.53. The number of hydrogen-bond acceptors (Lipinski definition) is 1. The number of hydrogen-bond donors (Lipinski definition) is 1. The molecule has 3 heteroatoms. The van der Waals surface area contributed by atoms with Crippen molar-refractivity contribution in [2.45, 2.75) is 25.7 Å². The first-order chi connectivity index (χ1) is 8.09. The smallest absolute Gasteiger partial charge is 0.309 e. The van der Waals surface area contributed by atoms with Crippen molar-refractivity contribution in [3.8, 4) is 0 Å². The van der Waals surface area contributed by atoms with Gasteiger partial charge in [-0.25, -0.2) is 4.39 Å². The summed E-state index contributed by atoms with van der Waals surface area (Å²) in [6.45, 7) is 0. The Kier molecular flexibility index (Phi) is 2.25. The summed E-state index contributed by atoms with van der Waals surface area (Å²) >= 11 is 0. The van der Waals surface area contributed by atoms with Gasteiger partial charge in [-0.2, -0.15) is 0 Å². The Bertz CT molecular complexity index is 459. The van der Waals surface area contributed by atoms with E-state index in [0.717, 1.165) is 18.4 Å². The lowest BCUT2D eigenvalue weighted by Crippen LogP contribution is -2.31. The topological polar surface area (TPSA) is 37.3 Å². The van der Waals surface area contributed by atoms with Gasteiger partial charge in [0, 0.05) is 0 Å². The van der Waals surface area contributed by atoms with Crippen LogP contribution >= 0.6 is 0 Å². The van der Waals surface area contributed by atoms with Crippen molar-refractivity contribution in [3.63, 3.8) is 0 Å². The zero-order chi connectivity index (χ0) is 12.0. The maximum Gasteiger partial charge on any atom is 0.309 e. The number of carbonyl (C=O) groups is 1. The molecule has 0 aromatic heterocycles. The average molecular weight is 234 g/mol. The van der Waals surface area contributed by atoms with E-state index in [1.165, 1.54) is 18.6 Å². The number of fused-ring (bicyclic) bond motifs is 1. The predicted molar refractivity (Wildman–Crippen MR) is 61.0 cm³/mol. The molecule has 0 heterocycles. The third-order valence-electron chi connectivity index (χ3n) is 4.26. The van der Waals surface area contributed by atoms with Gasteiger partial charge in [-0.1, -0.05) is 12.1 Å². The summed E-state index contributed by atoms with van der Waals surface area (Å²) in [5.74, 6) is 0.222. The molecule has 0 saturated heterocycles. The summed E-state index contributed by atoms with van der Waals surface area (Å²) in [6, 6.07) is 6.31. The molecule has 0 amide bonds. The van der Waals surface area contributed by atoms with Gasteiger partial charge in [0.15, 0.2) is 0 Å². The first kappa shape index (κ1) is 10.8. The molecule has 1 aromatic rings. The quantitative estimate of drug-likeness (QED) is 0.873. The van der Waals surface area contributed by atoms with Crippen LogP contribution in [0.25, 0.3) is 0 Å². The molecule has 0 radical (unpaired) electrons. The largest absolute Gasteiger partial charge is 0.481 e. The molecule has 2 saturated carbocycles. The molecular weight excluding hydrogens is 219 g/mol. The van der Waals surface area contributed by atoms with Crippen LogP contribution in [0.2, 0.25) is 0 Å². The summed E-state index contributed by atoms with van der Waals surface area (Å²) in [4.78, 5) is 11.5. The number of aliphatic carboxylic acids is 1. The van der Waals surface area contributed by atoms with Crippen LogP contribution in [-0.4, -0.2) is 11.1 Å². The van der Waals surface area contributed by atoms with Crippen LogP contribution in [0.3, 0.4) is 0 Å². The highest BCUT2D eigenvalue weighted by Crippen LogP contribution is 2.60. The number of halogens is 1. The van der Waals surface area contributed by atoms with Crippen LogP contribution in [-0.2, 0) is 11.2 Å². The van der Waals surface area contributed by atoms with E-state index >= 15 is 0 Å². The molecule has 3 rings (SSSR count). The molecule has 2 unspecified atom stereocenters. The Balaban J connectivity index is 1.84. The maximum absolute atomic E-state index is 13.1. The normalized spacial score (nSPS) is 34.4. The number of rotatable bonds is 3. The van der Waals surface area contributed by atoms with Crippen LogP contribution < -0.4 is 0 Å². The van der Waals surface area contributed by atoms with E-state index in [1.54, 1.807) is 6.07 Å². The van der Waals surface area contributed by atoms with E-state index in [4.69, 9.17) is 0 Å². The fraction of sp³-hybridized carbons (Fsp3) is 0.500. The SMILES string of the molecule is O=C(O)C1(Cc2cccc(F)c2)CC2CC2C1. The zero-order valence-corrected chi connectivity index (χ0v) is 9.53.